The van der Waals surface area contributed by atoms with Crippen LogP contribution in [0.2, 0.25) is 0 Å². The Labute approximate surface area is 158 Å². The van der Waals surface area contributed by atoms with Gasteiger partial charge in [-0.25, -0.2) is 4.99 Å². The zero-order valence-electron chi connectivity index (χ0n) is 15.2. The van der Waals surface area contributed by atoms with Crippen LogP contribution in [0.4, 0.5) is 0 Å². The van der Waals surface area contributed by atoms with E-state index in [4.69, 9.17) is 0 Å². The van der Waals surface area contributed by atoms with Gasteiger partial charge in [-0.1, -0.05) is 24.3 Å². The largest absolute Gasteiger partial charge is 0.383 e. The van der Waals surface area contributed by atoms with E-state index in [0.29, 0.717) is 6.54 Å². The van der Waals surface area contributed by atoms with Gasteiger partial charge >= 0.3 is 0 Å². The summed E-state index contributed by atoms with van der Waals surface area (Å²) >= 11 is 1.55. The molecule has 2 aromatic heterocycles. The molecule has 0 aliphatic carbocycles. The molecule has 3 aromatic rings. The summed E-state index contributed by atoms with van der Waals surface area (Å²) in [4.78, 5) is 8.80. The molecular weight excluding hydrogens is 344 g/mol. The smallest absolute Gasteiger partial charge is 0.191 e. The van der Waals surface area contributed by atoms with Gasteiger partial charge in [0.1, 0.15) is 5.60 Å². The number of aromatic amines is 1. The number of nitrogens with one attached hydrogen (secondary N) is 3. The van der Waals surface area contributed by atoms with Gasteiger partial charge in [-0.05, 0) is 43.3 Å². The molecule has 5 nitrogen and oxygen atoms in total. The highest BCUT2D eigenvalue weighted by Gasteiger charge is 2.23. The third kappa shape index (κ3) is 4.45. The molecule has 1 atom stereocenters. The summed E-state index contributed by atoms with van der Waals surface area (Å²) in [5.41, 5.74) is 1.50. The number of aromatic nitrogens is 1. The van der Waals surface area contributed by atoms with Crippen LogP contribution in [-0.2, 0) is 12.0 Å². The highest BCUT2D eigenvalue weighted by Crippen LogP contribution is 2.25. The molecule has 0 radical (unpaired) electrons. The molecule has 0 saturated heterocycles. The maximum Gasteiger partial charge on any atom is 0.191 e. The first kappa shape index (κ1) is 18.5. The summed E-state index contributed by atoms with van der Waals surface area (Å²) < 4.78 is 0. The summed E-state index contributed by atoms with van der Waals surface area (Å²) in [7, 11) is 0. The van der Waals surface area contributed by atoms with E-state index in [1.165, 1.54) is 10.9 Å². The zero-order chi connectivity index (χ0) is 18.4. The van der Waals surface area contributed by atoms with Gasteiger partial charge in [-0.3, -0.25) is 0 Å². The lowest BCUT2D eigenvalue weighted by Gasteiger charge is -2.20. The lowest BCUT2D eigenvalue weighted by molar-refractivity contribution is 0.0711. The highest BCUT2D eigenvalue weighted by molar-refractivity contribution is 7.10. The second kappa shape index (κ2) is 8.38. The van der Waals surface area contributed by atoms with Crippen LogP contribution in [0.15, 0.2) is 53.0 Å². The molecule has 3 rings (SSSR count). The Morgan fingerprint density at radius 1 is 1.23 bits per heavy atom. The molecule has 0 aliphatic rings. The molecule has 0 saturated carbocycles. The van der Waals surface area contributed by atoms with Crippen molar-refractivity contribution in [2.75, 3.05) is 19.6 Å². The number of hydrogen-bond acceptors (Lipinski definition) is 3. The predicted octanol–water partition coefficient (Wildman–Crippen LogP) is 3.23. The monoisotopic (exact) mass is 370 g/mol. The van der Waals surface area contributed by atoms with Crippen molar-refractivity contribution in [3.63, 3.8) is 0 Å². The molecule has 138 valence electrons. The standard InChI is InChI=1S/C20H26N4OS/c1-3-21-19(24-14-20(2,25)18-9-6-12-26-18)22-11-10-15-13-23-17-8-5-4-7-16(15)17/h4-9,12-13,23,25H,3,10-11,14H2,1-2H3,(H2,21,22,24). The van der Waals surface area contributed by atoms with E-state index >= 15 is 0 Å². The Kier molecular flexibility index (Phi) is 5.96. The Hall–Kier alpha value is -2.31. The van der Waals surface area contributed by atoms with Gasteiger partial charge in [0.2, 0.25) is 0 Å². The first-order valence-electron chi connectivity index (χ1n) is 8.93. The van der Waals surface area contributed by atoms with Crippen molar-refractivity contribution in [3.05, 3.63) is 58.4 Å². The molecule has 0 fully saturated rings. The molecule has 0 bridgehead atoms. The number of thiophene rings is 1. The molecule has 6 heteroatoms. The average Bonchev–Trinajstić information content (AvgIpc) is 3.30. The third-order valence-electron chi connectivity index (χ3n) is 4.30. The van der Waals surface area contributed by atoms with Crippen LogP contribution < -0.4 is 10.6 Å². The molecule has 1 unspecified atom stereocenters. The Morgan fingerprint density at radius 3 is 2.85 bits per heavy atom. The average molecular weight is 371 g/mol. The van der Waals surface area contributed by atoms with Crippen LogP contribution in [0.5, 0.6) is 0 Å². The van der Waals surface area contributed by atoms with E-state index in [1.807, 2.05) is 30.5 Å². The molecule has 26 heavy (non-hydrogen) atoms. The van der Waals surface area contributed by atoms with E-state index in [-0.39, 0.29) is 0 Å². The second-order valence-corrected chi connectivity index (χ2v) is 7.43. The summed E-state index contributed by atoms with van der Waals surface area (Å²) in [5, 5.41) is 20.5. The van der Waals surface area contributed by atoms with Crippen molar-refractivity contribution in [1.82, 2.24) is 15.6 Å². The van der Waals surface area contributed by atoms with E-state index in [0.717, 1.165) is 35.9 Å². The van der Waals surface area contributed by atoms with Crippen molar-refractivity contribution in [2.45, 2.75) is 25.9 Å². The minimum atomic E-state index is -0.951. The molecule has 0 amide bonds. The molecule has 0 aliphatic heterocycles. The SMILES string of the molecule is CCNC(=NCC(C)(O)c1cccs1)NCCc1c[nH]c2ccccc12. The molecular formula is C20H26N4OS. The fourth-order valence-electron chi connectivity index (χ4n) is 2.89. The van der Waals surface area contributed by atoms with Gasteiger partial charge in [-0.2, -0.15) is 0 Å². The van der Waals surface area contributed by atoms with Crippen LogP contribution in [0.3, 0.4) is 0 Å². The van der Waals surface area contributed by atoms with Gasteiger partial charge in [0.25, 0.3) is 0 Å². The van der Waals surface area contributed by atoms with Gasteiger partial charge < -0.3 is 20.7 Å². The van der Waals surface area contributed by atoms with Crippen LogP contribution in [0, 0.1) is 0 Å². The summed E-state index contributed by atoms with van der Waals surface area (Å²) in [6, 6.07) is 12.2. The van der Waals surface area contributed by atoms with Crippen molar-refractivity contribution >= 4 is 28.2 Å². The fraction of sp³-hybridized carbons (Fsp3) is 0.350. The van der Waals surface area contributed by atoms with Crippen molar-refractivity contribution in [1.29, 1.82) is 0 Å². The normalized spacial score (nSPS) is 14.3. The van der Waals surface area contributed by atoms with Crippen molar-refractivity contribution in [3.8, 4) is 0 Å². The maximum atomic E-state index is 10.6. The summed E-state index contributed by atoms with van der Waals surface area (Å²) in [6.07, 6.45) is 2.97. The number of nitrogens with zero attached hydrogens (tertiary/aromatic N) is 1. The van der Waals surface area contributed by atoms with Crippen LogP contribution >= 0.6 is 11.3 Å². The van der Waals surface area contributed by atoms with Crippen molar-refractivity contribution in [2.24, 2.45) is 4.99 Å². The number of hydrogen-bond donors (Lipinski definition) is 4. The number of rotatable bonds is 7. The fourth-order valence-corrected chi connectivity index (χ4v) is 3.67. The summed E-state index contributed by atoms with van der Waals surface area (Å²) in [5.74, 6) is 0.726. The number of H-pyrrole nitrogens is 1. The first-order chi connectivity index (χ1) is 12.6. The minimum Gasteiger partial charge on any atom is -0.383 e. The number of para-hydroxylation sites is 1. The van der Waals surface area contributed by atoms with Gasteiger partial charge in [0.05, 0.1) is 6.54 Å². The van der Waals surface area contributed by atoms with E-state index in [2.05, 4.69) is 45.0 Å². The molecule has 0 spiro atoms. The van der Waals surface area contributed by atoms with E-state index in [1.54, 1.807) is 18.3 Å². The quantitative estimate of drug-likeness (QED) is 0.381. The highest BCUT2D eigenvalue weighted by atomic mass is 32.1. The number of guanidine groups is 1. The van der Waals surface area contributed by atoms with Gasteiger partial charge in [-0.15, -0.1) is 11.3 Å². The van der Waals surface area contributed by atoms with Gasteiger partial charge in [0.15, 0.2) is 5.96 Å². The van der Waals surface area contributed by atoms with Crippen molar-refractivity contribution < 1.29 is 5.11 Å². The van der Waals surface area contributed by atoms with Gasteiger partial charge in [0, 0.05) is 35.1 Å². The molecule has 2 heterocycles. The predicted molar refractivity (Wildman–Crippen MR) is 110 cm³/mol. The lowest BCUT2D eigenvalue weighted by atomic mass is 10.1. The number of aliphatic imine (C=N–C) groups is 1. The topological polar surface area (TPSA) is 72.4 Å². The number of fused-ring (bicyclic) bond motifs is 1. The van der Waals surface area contributed by atoms with Crippen LogP contribution in [0.25, 0.3) is 10.9 Å². The maximum absolute atomic E-state index is 10.6. The van der Waals surface area contributed by atoms with Crippen LogP contribution in [0.1, 0.15) is 24.3 Å². The molecule has 4 N–H and O–H groups in total. The number of benzene rings is 1. The van der Waals surface area contributed by atoms with E-state index < -0.39 is 5.60 Å². The second-order valence-electron chi connectivity index (χ2n) is 6.48. The van der Waals surface area contributed by atoms with E-state index in [9.17, 15) is 5.11 Å². The lowest BCUT2D eigenvalue weighted by Crippen LogP contribution is -2.39. The Balaban J connectivity index is 1.59. The first-order valence-corrected chi connectivity index (χ1v) is 9.81. The zero-order valence-corrected chi connectivity index (χ0v) is 16.1. The minimum absolute atomic E-state index is 0.315. The third-order valence-corrected chi connectivity index (χ3v) is 5.43. The van der Waals surface area contributed by atoms with Crippen LogP contribution in [-0.4, -0.2) is 35.7 Å². The Bertz CT molecular complexity index is 852. The summed E-state index contributed by atoms with van der Waals surface area (Å²) in [6.45, 7) is 5.71. The Morgan fingerprint density at radius 2 is 2.08 bits per heavy atom. The number of aliphatic hydroxyl groups is 1. The molecule has 1 aromatic carbocycles.